The third-order valence-electron chi connectivity index (χ3n) is 6.96. The van der Waals surface area contributed by atoms with Gasteiger partial charge < -0.3 is 25.7 Å². The zero-order valence-corrected chi connectivity index (χ0v) is 22.2. The molecule has 38 heavy (non-hydrogen) atoms. The number of hydrogen-bond donors (Lipinski definition) is 4. The van der Waals surface area contributed by atoms with Crippen molar-refractivity contribution in [1.29, 1.82) is 5.26 Å². The fourth-order valence-electron chi connectivity index (χ4n) is 4.69. The predicted molar refractivity (Wildman–Crippen MR) is 145 cm³/mol. The molecule has 2 heterocycles. The number of fused-ring (bicyclic) bond motifs is 2. The first-order valence-corrected chi connectivity index (χ1v) is 12.9. The van der Waals surface area contributed by atoms with Crippen molar-refractivity contribution >= 4 is 45.9 Å². The highest BCUT2D eigenvalue weighted by atomic mass is 35.5. The minimum Gasteiger partial charge on any atom is -0.496 e. The third kappa shape index (κ3) is 5.60. The van der Waals surface area contributed by atoms with E-state index in [1.165, 1.54) is 0 Å². The number of halogens is 1. The molecular weight excluding hydrogens is 506 g/mol. The summed E-state index contributed by atoms with van der Waals surface area (Å²) in [4.78, 5) is 42.2. The van der Waals surface area contributed by atoms with Crippen LogP contribution in [0.25, 0.3) is 10.9 Å². The number of anilines is 1. The second kappa shape index (κ2) is 11.6. The van der Waals surface area contributed by atoms with Crippen molar-refractivity contribution in [2.75, 3.05) is 12.4 Å². The fraction of sp³-hybridized carbons (Fsp3) is 0.357. The number of carbonyl (C=O) groups excluding carboxylic acids is 3. The minimum absolute atomic E-state index is 0.0522. The van der Waals surface area contributed by atoms with Crippen molar-refractivity contribution in [3.63, 3.8) is 0 Å². The summed E-state index contributed by atoms with van der Waals surface area (Å²) in [7, 11) is 1.56. The van der Waals surface area contributed by atoms with Crippen molar-refractivity contribution in [1.82, 2.24) is 15.6 Å². The molecule has 1 aromatic heterocycles. The van der Waals surface area contributed by atoms with Crippen LogP contribution >= 0.6 is 11.6 Å². The third-order valence-corrected chi connectivity index (χ3v) is 7.29. The minimum atomic E-state index is -0.964. The largest absolute Gasteiger partial charge is 0.496 e. The lowest BCUT2D eigenvalue weighted by Crippen LogP contribution is -2.50. The lowest BCUT2D eigenvalue weighted by atomic mass is 9.93. The van der Waals surface area contributed by atoms with Crippen LogP contribution < -0.4 is 20.7 Å². The highest BCUT2D eigenvalue weighted by molar-refractivity contribution is 6.32. The average Bonchev–Trinajstić information content (AvgIpc) is 3.49. The van der Waals surface area contributed by atoms with Crippen LogP contribution in [-0.2, 0) is 9.59 Å². The predicted octanol–water partition coefficient (Wildman–Crippen LogP) is 4.50. The quantitative estimate of drug-likeness (QED) is 0.303. The van der Waals surface area contributed by atoms with Gasteiger partial charge in [-0.15, -0.1) is 0 Å². The number of nitriles is 1. The zero-order valence-electron chi connectivity index (χ0n) is 21.4. The van der Waals surface area contributed by atoms with E-state index in [0.717, 1.165) is 17.3 Å². The number of H-pyrrole nitrogens is 1. The first-order chi connectivity index (χ1) is 18.2. The average molecular weight is 536 g/mol. The molecule has 0 bridgehead atoms. The lowest BCUT2D eigenvalue weighted by Gasteiger charge is -2.23. The number of nitrogens with one attached hydrogen (secondary N) is 4. The van der Waals surface area contributed by atoms with Crippen LogP contribution in [0.2, 0.25) is 5.02 Å². The van der Waals surface area contributed by atoms with Gasteiger partial charge in [-0.25, -0.2) is 0 Å². The van der Waals surface area contributed by atoms with Gasteiger partial charge in [0.15, 0.2) is 0 Å². The number of nitrogens with zero attached hydrogens (tertiary/aromatic N) is 1. The van der Waals surface area contributed by atoms with E-state index in [1.54, 1.807) is 37.4 Å². The molecule has 0 aliphatic carbocycles. The van der Waals surface area contributed by atoms with Gasteiger partial charge >= 0.3 is 0 Å². The van der Waals surface area contributed by atoms with Crippen LogP contribution in [-0.4, -0.2) is 41.9 Å². The Hall–Kier alpha value is -4.03. The Kier molecular flexibility index (Phi) is 8.23. The normalized spacial score (nSPS) is 16.6. The first kappa shape index (κ1) is 27.0. The molecule has 4 rings (SSSR count). The highest BCUT2D eigenvalue weighted by Gasteiger charge is 2.35. The van der Waals surface area contributed by atoms with Crippen LogP contribution in [0.5, 0.6) is 5.75 Å². The van der Waals surface area contributed by atoms with E-state index < -0.39 is 29.8 Å². The van der Waals surface area contributed by atoms with Crippen molar-refractivity contribution in [3.05, 3.63) is 58.7 Å². The maximum Gasteiger partial charge on any atom is 0.268 e. The van der Waals surface area contributed by atoms with Crippen LogP contribution in [0.4, 0.5) is 5.69 Å². The van der Waals surface area contributed by atoms with Crippen LogP contribution in [0.15, 0.2) is 42.5 Å². The number of amides is 3. The summed E-state index contributed by atoms with van der Waals surface area (Å²) in [6.07, 6.45) is 1.24. The molecule has 4 atom stereocenters. The summed E-state index contributed by atoms with van der Waals surface area (Å²) in [6, 6.07) is 12.5. The molecule has 198 valence electrons. The van der Waals surface area contributed by atoms with Gasteiger partial charge in [-0.3, -0.25) is 14.4 Å². The number of aromatic amines is 1. The molecule has 0 spiro atoms. The van der Waals surface area contributed by atoms with Gasteiger partial charge in [-0.05, 0) is 49.1 Å². The summed E-state index contributed by atoms with van der Waals surface area (Å²) >= 11 is 6.33. The molecule has 0 saturated heterocycles. The van der Waals surface area contributed by atoms with Gasteiger partial charge in [0.25, 0.3) is 5.91 Å². The smallest absolute Gasteiger partial charge is 0.268 e. The van der Waals surface area contributed by atoms with Crippen LogP contribution in [0.3, 0.4) is 0 Å². The van der Waals surface area contributed by atoms with E-state index in [9.17, 15) is 19.6 Å². The Bertz CT molecular complexity index is 1410. The van der Waals surface area contributed by atoms with E-state index in [2.05, 4.69) is 27.0 Å². The van der Waals surface area contributed by atoms with E-state index in [1.807, 2.05) is 26.0 Å². The fourth-order valence-corrected chi connectivity index (χ4v) is 5.00. The van der Waals surface area contributed by atoms with Crippen molar-refractivity contribution in [2.45, 2.75) is 51.1 Å². The van der Waals surface area contributed by atoms with Gasteiger partial charge in [0.05, 0.1) is 19.1 Å². The molecule has 0 radical (unpaired) electrons. The van der Waals surface area contributed by atoms with Gasteiger partial charge in [0.2, 0.25) is 11.8 Å². The van der Waals surface area contributed by atoms with E-state index in [0.29, 0.717) is 28.4 Å². The summed E-state index contributed by atoms with van der Waals surface area (Å²) < 4.78 is 5.37. The molecule has 3 amide bonds. The second-order valence-electron chi connectivity index (χ2n) is 9.55. The highest BCUT2D eigenvalue weighted by Crippen LogP contribution is 2.40. The molecule has 1 aliphatic heterocycles. The maximum absolute atomic E-state index is 13.3. The SMILES string of the molecule is CCC(C)C[C@H](NC(=O)c1cc2c(OC)cccc2[nH]1)C(=O)N[C@H](C#N)C[C@H]1C(=O)Nc2cccc(Cl)c21. The molecule has 1 aliphatic rings. The van der Waals surface area contributed by atoms with Gasteiger partial charge in [0, 0.05) is 27.2 Å². The molecule has 0 saturated carbocycles. The number of ether oxygens (including phenoxy) is 1. The molecule has 4 N–H and O–H groups in total. The van der Waals surface area contributed by atoms with Gasteiger partial charge in [-0.2, -0.15) is 5.26 Å². The zero-order chi connectivity index (χ0) is 27.4. The van der Waals surface area contributed by atoms with Crippen molar-refractivity contribution < 1.29 is 19.1 Å². The number of methoxy groups -OCH3 is 1. The van der Waals surface area contributed by atoms with Crippen molar-refractivity contribution in [2.24, 2.45) is 5.92 Å². The monoisotopic (exact) mass is 535 g/mol. The molecule has 0 fully saturated rings. The van der Waals surface area contributed by atoms with Crippen molar-refractivity contribution in [3.8, 4) is 11.8 Å². The molecule has 1 unspecified atom stereocenters. The Morgan fingerprint density at radius 1 is 1.21 bits per heavy atom. The number of rotatable bonds is 10. The second-order valence-corrected chi connectivity index (χ2v) is 9.96. The maximum atomic E-state index is 13.3. The molecule has 9 nitrogen and oxygen atoms in total. The molecular formula is C28H30ClN5O4. The summed E-state index contributed by atoms with van der Waals surface area (Å²) in [6.45, 7) is 3.99. The lowest BCUT2D eigenvalue weighted by molar-refractivity contribution is -0.124. The van der Waals surface area contributed by atoms with Crippen LogP contribution in [0, 0.1) is 17.2 Å². The number of aromatic nitrogens is 1. The van der Waals surface area contributed by atoms with Gasteiger partial charge in [0.1, 0.15) is 23.5 Å². The molecule has 3 aromatic rings. The van der Waals surface area contributed by atoms with Gasteiger partial charge in [-0.1, -0.05) is 44.0 Å². The van der Waals surface area contributed by atoms with E-state index in [4.69, 9.17) is 16.3 Å². The van der Waals surface area contributed by atoms with Crippen LogP contribution in [0.1, 0.15) is 55.1 Å². The Morgan fingerprint density at radius 2 is 1.97 bits per heavy atom. The Labute approximate surface area is 225 Å². The van der Waals surface area contributed by atoms with E-state index >= 15 is 0 Å². The van der Waals surface area contributed by atoms with E-state index in [-0.39, 0.29) is 23.9 Å². The number of hydrogen-bond acceptors (Lipinski definition) is 5. The topological polar surface area (TPSA) is 136 Å². The molecule has 2 aromatic carbocycles. The molecule has 10 heteroatoms. The Balaban J connectivity index is 1.50. The first-order valence-electron chi connectivity index (χ1n) is 12.5. The summed E-state index contributed by atoms with van der Waals surface area (Å²) in [5, 5.41) is 19.3. The number of carbonyl (C=O) groups is 3. The number of benzene rings is 2. The summed E-state index contributed by atoms with van der Waals surface area (Å²) in [5.74, 6) is -1.12. The Morgan fingerprint density at radius 3 is 2.68 bits per heavy atom. The summed E-state index contributed by atoms with van der Waals surface area (Å²) in [5.41, 5.74) is 2.24. The standard InChI is InChI=1S/C28H30ClN5O4/c1-4-15(2)11-22(34-28(37)23-13-17-20(32-23)8-6-10-24(17)38-3)27(36)31-16(14-30)12-18-25-19(29)7-5-9-21(25)33-26(18)35/h5-10,13,15-16,18,22,32H,4,11-12H2,1-3H3,(H,31,36)(H,33,35)(H,34,37)/t15?,16-,18+,22-/m0/s1.